The summed E-state index contributed by atoms with van der Waals surface area (Å²) in [5.74, 6) is -0.247. The van der Waals surface area contributed by atoms with Gasteiger partial charge in [0.05, 0.1) is 11.4 Å². The number of amides is 1. The zero-order valence-corrected chi connectivity index (χ0v) is 16.0. The monoisotopic (exact) mass is 385 g/mol. The first-order chi connectivity index (χ1) is 12.9. The van der Waals surface area contributed by atoms with Crippen LogP contribution in [0.25, 0.3) is 0 Å². The van der Waals surface area contributed by atoms with Gasteiger partial charge in [-0.3, -0.25) is 4.79 Å². The summed E-state index contributed by atoms with van der Waals surface area (Å²) >= 11 is 0. The van der Waals surface area contributed by atoms with E-state index in [0.29, 0.717) is 17.8 Å². The summed E-state index contributed by atoms with van der Waals surface area (Å²) in [5, 5.41) is 2.85. The van der Waals surface area contributed by atoms with Crippen LogP contribution in [0.3, 0.4) is 0 Å². The minimum Gasteiger partial charge on any atom is -0.401 e. The number of carbonyl (C=O) groups excluding carboxylic acids is 1. The second kappa shape index (κ2) is 7.94. The van der Waals surface area contributed by atoms with Crippen LogP contribution in [0.4, 0.5) is 0 Å². The lowest BCUT2D eigenvalue weighted by Gasteiger charge is -2.28. The molecule has 0 atom stereocenters. The first-order valence-corrected chi connectivity index (χ1v) is 10.2. The zero-order valence-electron chi connectivity index (χ0n) is 15.2. The highest BCUT2D eigenvalue weighted by molar-refractivity contribution is 7.89. The number of nitrogens with zero attached hydrogens (tertiary/aromatic N) is 1. The molecule has 1 aliphatic heterocycles. The van der Waals surface area contributed by atoms with Gasteiger partial charge in [0, 0.05) is 24.4 Å². The molecule has 7 heteroatoms. The highest BCUT2D eigenvalue weighted by Crippen LogP contribution is 2.23. The average Bonchev–Trinajstić information content (AvgIpc) is 2.67. The van der Waals surface area contributed by atoms with Gasteiger partial charge < -0.3 is 11.1 Å². The highest BCUT2D eigenvalue weighted by atomic mass is 32.2. The normalized spacial score (nSPS) is 15.6. The Morgan fingerprint density at radius 2 is 1.78 bits per heavy atom. The van der Waals surface area contributed by atoms with E-state index >= 15 is 0 Å². The lowest BCUT2D eigenvalue weighted by molar-refractivity contribution is -0.118. The molecule has 0 aromatic heterocycles. The predicted octanol–water partition coefficient (Wildman–Crippen LogP) is 1.92. The Hall–Kier alpha value is -2.64. The van der Waals surface area contributed by atoms with E-state index in [9.17, 15) is 13.2 Å². The van der Waals surface area contributed by atoms with Crippen molar-refractivity contribution >= 4 is 15.9 Å². The summed E-state index contributed by atoms with van der Waals surface area (Å²) < 4.78 is 26.9. The molecular formula is C20H23N3O3S. The molecule has 0 spiro atoms. The van der Waals surface area contributed by atoms with Gasteiger partial charge in [0.1, 0.15) is 0 Å². The van der Waals surface area contributed by atoms with Crippen LogP contribution in [-0.2, 0) is 21.4 Å². The van der Waals surface area contributed by atoms with E-state index in [1.165, 1.54) is 4.31 Å². The molecule has 1 aliphatic rings. The van der Waals surface area contributed by atoms with E-state index in [4.69, 9.17) is 5.73 Å². The Bertz CT molecular complexity index is 952. The van der Waals surface area contributed by atoms with Crippen molar-refractivity contribution in [2.45, 2.75) is 24.8 Å². The second-order valence-electron chi connectivity index (χ2n) is 6.57. The molecule has 6 nitrogen and oxygen atoms in total. The first-order valence-electron chi connectivity index (χ1n) is 8.74. The molecule has 0 bridgehead atoms. The van der Waals surface area contributed by atoms with E-state index in [2.05, 4.69) is 5.32 Å². The number of hydrogen-bond acceptors (Lipinski definition) is 4. The van der Waals surface area contributed by atoms with Gasteiger partial charge in [-0.15, -0.1) is 0 Å². The Morgan fingerprint density at radius 3 is 2.41 bits per heavy atom. The minimum absolute atomic E-state index is 0.0182. The second-order valence-corrected chi connectivity index (χ2v) is 8.51. The number of rotatable bonds is 5. The minimum atomic E-state index is -3.63. The fraction of sp³-hybridized carbons (Fsp3) is 0.250. The van der Waals surface area contributed by atoms with Crippen LogP contribution in [0.2, 0.25) is 0 Å². The van der Waals surface area contributed by atoms with Crippen LogP contribution in [0.15, 0.2) is 70.8 Å². The molecule has 0 saturated heterocycles. The van der Waals surface area contributed by atoms with Gasteiger partial charge in [0.15, 0.2) is 0 Å². The summed E-state index contributed by atoms with van der Waals surface area (Å²) in [6, 6.07) is 16.3. The SMILES string of the molecule is Cc1ccc(S(=O)(=O)N2CCC(C(=O)NCc3ccccc3)=C(N)C2)cc1. The predicted molar refractivity (Wildman–Crippen MR) is 104 cm³/mol. The Morgan fingerprint density at radius 1 is 1.11 bits per heavy atom. The van der Waals surface area contributed by atoms with Gasteiger partial charge in [0.2, 0.25) is 15.9 Å². The van der Waals surface area contributed by atoms with Crippen molar-refractivity contribution in [1.82, 2.24) is 9.62 Å². The Labute approximate surface area is 159 Å². The van der Waals surface area contributed by atoms with Gasteiger partial charge in [-0.05, 0) is 31.0 Å². The quantitative estimate of drug-likeness (QED) is 0.822. The van der Waals surface area contributed by atoms with Crippen LogP contribution in [-0.4, -0.2) is 31.7 Å². The lowest BCUT2D eigenvalue weighted by atomic mass is 10.1. The molecule has 1 amide bonds. The number of aryl methyl sites for hydroxylation is 1. The van der Waals surface area contributed by atoms with Crippen molar-refractivity contribution in [2.75, 3.05) is 13.1 Å². The number of carbonyl (C=O) groups is 1. The molecule has 1 heterocycles. The molecule has 142 valence electrons. The molecule has 0 aliphatic carbocycles. The molecule has 3 rings (SSSR count). The maximum absolute atomic E-state index is 12.8. The number of nitrogens with one attached hydrogen (secondary N) is 1. The molecule has 2 aromatic carbocycles. The summed E-state index contributed by atoms with van der Waals surface area (Å²) in [4.78, 5) is 12.7. The molecule has 0 saturated carbocycles. The van der Waals surface area contributed by atoms with Crippen LogP contribution in [0.5, 0.6) is 0 Å². The van der Waals surface area contributed by atoms with Crippen molar-refractivity contribution in [3.63, 3.8) is 0 Å². The van der Waals surface area contributed by atoms with Crippen molar-refractivity contribution in [3.05, 3.63) is 77.0 Å². The first kappa shape index (κ1) is 19.1. The molecule has 0 fully saturated rings. The van der Waals surface area contributed by atoms with Crippen molar-refractivity contribution in [2.24, 2.45) is 5.73 Å². The van der Waals surface area contributed by atoms with Crippen LogP contribution in [0, 0.1) is 6.92 Å². The fourth-order valence-corrected chi connectivity index (χ4v) is 4.39. The van der Waals surface area contributed by atoms with E-state index in [0.717, 1.165) is 11.1 Å². The number of sulfonamides is 1. The third-order valence-corrected chi connectivity index (χ3v) is 6.43. The Kier molecular flexibility index (Phi) is 5.62. The van der Waals surface area contributed by atoms with Gasteiger partial charge >= 0.3 is 0 Å². The van der Waals surface area contributed by atoms with Crippen LogP contribution in [0.1, 0.15) is 17.5 Å². The maximum atomic E-state index is 12.8. The summed E-state index contributed by atoms with van der Waals surface area (Å²) in [6.07, 6.45) is 0.289. The van der Waals surface area contributed by atoms with Gasteiger partial charge in [-0.2, -0.15) is 4.31 Å². The summed E-state index contributed by atoms with van der Waals surface area (Å²) in [7, 11) is -3.63. The molecule has 27 heavy (non-hydrogen) atoms. The third-order valence-electron chi connectivity index (χ3n) is 4.57. The Balaban J connectivity index is 1.69. The van der Waals surface area contributed by atoms with Crippen LogP contribution >= 0.6 is 0 Å². The largest absolute Gasteiger partial charge is 0.401 e. The van der Waals surface area contributed by atoms with Gasteiger partial charge in [-0.25, -0.2) is 8.42 Å². The highest BCUT2D eigenvalue weighted by Gasteiger charge is 2.30. The van der Waals surface area contributed by atoms with E-state index < -0.39 is 10.0 Å². The van der Waals surface area contributed by atoms with Gasteiger partial charge in [-0.1, -0.05) is 48.0 Å². The lowest BCUT2D eigenvalue weighted by Crippen LogP contribution is -2.41. The van der Waals surface area contributed by atoms with E-state index in [-0.39, 0.29) is 30.3 Å². The smallest absolute Gasteiger partial charge is 0.249 e. The summed E-state index contributed by atoms with van der Waals surface area (Å²) in [6.45, 7) is 2.55. The van der Waals surface area contributed by atoms with Crippen molar-refractivity contribution in [1.29, 1.82) is 0 Å². The van der Waals surface area contributed by atoms with Crippen molar-refractivity contribution < 1.29 is 13.2 Å². The molecule has 2 aromatic rings. The topological polar surface area (TPSA) is 92.5 Å². The number of benzene rings is 2. The molecule has 0 unspecified atom stereocenters. The van der Waals surface area contributed by atoms with E-state index in [1.807, 2.05) is 37.3 Å². The average molecular weight is 385 g/mol. The van der Waals surface area contributed by atoms with Crippen LogP contribution < -0.4 is 11.1 Å². The maximum Gasteiger partial charge on any atom is 0.249 e. The zero-order chi connectivity index (χ0) is 19.4. The third kappa shape index (κ3) is 4.37. The van der Waals surface area contributed by atoms with Crippen molar-refractivity contribution in [3.8, 4) is 0 Å². The van der Waals surface area contributed by atoms with E-state index in [1.54, 1.807) is 24.3 Å². The standard InChI is InChI=1S/C20H23N3O3S/c1-15-7-9-17(10-8-15)27(25,26)23-12-11-18(19(21)14-23)20(24)22-13-16-5-3-2-4-6-16/h2-10H,11-14,21H2,1H3,(H,22,24). The van der Waals surface area contributed by atoms with Gasteiger partial charge in [0.25, 0.3) is 0 Å². The molecule has 0 radical (unpaired) electrons. The summed E-state index contributed by atoms with van der Waals surface area (Å²) in [5.41, 5.74) is 8.78. The number of nitrogens with two attached hydrogens (primary N) is 1. The number of hydrogen-bond donors (Lipinski definition) is 2. The molecular weight excluding hydrogens is 362 g/mol. The molecule has 3 N–H and O–H groups in total. The fourth-order valence-electron chi connectivity index (χ4n) is 2.97.